The first-order valence-corrected chi connectivity index (χ1v) is 10.6. The minimum absolute atomic E-state index is 0.158. The van der Waals surface area contributed by atoms with Crippen molar-refractivity contribution in [1.82, 2.24) is 14.5 Å². The molecule has 1 saturated heterocycles. The lowest BCUT2D eigenvalue weighted by Gasteiger charge is -2.36. The number of phenols is 1. The van der Waals surface area contributed by atoms with E-state index in [0.717, 1.165) is 29.7 Å². The van der Waals surface area contributed by atoms with Crippen LogP contribution in [0.3, 0.4) is 0 Å². The van der Waals surface area contributed by atoms with Crippen LogP contribution in [0.4, 0.5) is 4.39 Å². The van der Waals surface area contributed by atoms with Crippen LogP contribution in [0, 0.1) is 12.7 Å². The highest BCUT2D eigenvalue weighted by molar-refractivity contribution is 6.03. The van der Waals surface area contributed by atoms with Crippen LogP contribution in [0.25, 0.3) is 11.8 Å². The maximum atomic E-state index is 14.7. The molecule has 2 aromatic carbocycles. The van der Waals surface area contributed by atoms with Crippen molar-refractivity contribution in [3.63, 3.8) is 0 Å². The second kappa shape index (κ2) is 6.85. The van der Waals surface area contributed by atoms with Gasteiger partial charge in [0.05, 0.1) is 17.7 Å². The highest BCUT2D eigenvalue weighted by Gasteiger charge is 2.56. The highest BCUT2D eigenvalue weighted by Crippen LogP contribution is 2.48. The third-order valence-electron chi connectivity index (χ3n) is 6.21. The zero-order valence-corrected chi connectivity index (χ0v) is 17.5. The molecule has 3 aromatic rings. The zero-order chi connectivity index (χ0) is 21.9. The summed E-state index contributed by atoms with van der Waals surface area (Å²) in [6.45, 7) is 2.78. The Kier molecular flexibility index (Phi) is 4.05. The number of benzene rings is 2. The molecule has 0 aliphatic carbocycles. The molecular formula is C24H21FN4O3. The number of ether oxygens (including phenoxy) is 1. The number of hydrogen-bond donors (Lipinski definition) is 1. The number of fused-ring (bicyclic) bond motifs is 4. The normalized spacial score (nSPS) is 22.5. The van der Waals surface area contributed by atoms with Crippen LogP contribution in [-0.4, -0.2) is 38.5 Å². The topological polar surface area (TPSA) is 72.1 Å². The van der Waals surface area contributed by atoms with Crippen LogP contribution in [0.1, 0.15) is 29.7 Å². The van der Waals surface area contributed by atoms with E-state index in [1.165, 1.54) is 6.07 Å². The molecule has 0 radical (unpaired) electrons. The average Bonchev–Trinajstić information content (AvgIpc) is 3.48. The first-order valence-electron chi connectivity index (χ1n) is 10.6. The number of aromatic nitrogens is 2. The molecular weight excluding hydrogens is 411 g/mol. The minimum atomic E-state index is -1.07. The summed E-state index contributed by atoms with van der Waals surface area (Å²) in [5.41, 5.74) is 2.69. The van der Waals surface area contributed by atoms with Crippen molar-refractivity contribution >= 4 is 11.9 Å². The lowest BCUT2D eigenvalue weighted by Crippen LogP contribution is -2.50. The predicted molar refractivity (Wildman–Crippen MR) is 116 cm³/mol. The van der Waals surface area contributed by atoms with Crippen molar-refractivity contribution in [2.24, 2.45) is 5.16 Å². The van der Waals surface area contributed by atoms with Gasteiger partial charge >= 0.3 is 0 Å². The van der Waals surface area contributed by atoms with Gasteiger partial charge in [0.25, 0.3) is 5.72 Å². The molecule has 1 N–H and O–H groups in total. The first kappa shape index (κ1) is 18.9. The minimum Gasteiger partial charge on any atom is -0.506 e. The molecule has 6 rings (SSSR count). The van der Waals surface area contributed by atoms with Crippen molar-refractivity contribution in [2.45, 2.75) is 25.5 Å². The van der Waals surface area contributed by atoms with E-state index in [2.05, 4.69) is 10.1 Å². The number of phenolic OH excluding ortho intramolecular Hbond substituents is 1. The second-order valence-electron chi connectivity index (χ2n) is 8.29. The van der Waals surface area contributed by atoms with Gasteiger partial charge in [-0.3, -0.25) is 0 Å². The maximum Gasteiger partial charge on any atom is 0.277 e. The number of piperidine rings is 1. The fraction of sp³-hybridized carbons (Fsp3) is 0.250. The molecule has 1 spiro atoms. The fourth-order valence-corrected chi connectivity index (χ4v) is 4.72. The van der Waals surface area contributed by atoms with Gasteiger partial charge in [0, 0.05) is 12.7 Å². The van der Waals surface area contributed by atoms with Crippen LogP contribution >= 0.6 is 0 Å². The summed E-state index contributed by atoms with van der Waals surface area (Å²) in [5, 5.41) is 14.9. The number of aromatic hydroxyl groups is 1. The lowest BCUT2D eigenvalue weighted by molar-refractivity contribution is -0.116. The Morgan fingerprint density at radius 3 is 2.97 bits per heavy atom. The van der Waals surface area contributed by atoms with Gasteiger partial charge in [-0.25, -0.2) is 9.37 Å². The van der Waals surface area contributed by atoms with Crippen LogP contribution in [0.15, 0.2) is 59.7 Å². The quantitative estimate of drug-likeness (QED) is 0.660. The Morgan fingerprint density at radius 2 is 2.16 bits per heavy atom. The maximum absolute atomic E-state index is 14.7. The molecule has 4 heterocycles. The standard InChI is InChI=1S/C24H21FN4O3/c1-15-12-28(14-26-15)19-8-7-16(11-20(19)30)10-17-4-3-9-29-23(17)27-32-24(29)13-31-21-6-2-5-18(25)22(21)24/h2,5-8,10-12,14,30H,3-4,9,13H2,1H3. The molecule has 1 unspecified atom stereocenters. The molecule has 3 aliphatic heterocycles. The number of rotatable bonds is 2. The van der Waals surface area contributed by atoms with Crippen molar-refractivity contribution < 1.29 is 19.1 Å². The number of halogens is 1. The van der Waals surface area contributed by atoms with Gasteiger partial charge in [0.2, 0.25) is 0 Å². The van der Waals surface area contributed by atoms with E-state index < -0.39 is 5.72 Å². The van der Waals surface area contributed by atoms with Gasteiger partial charge in [-0.1, -0.05) is 17.3 Å². The van der Waals surface area contributed by atoms with Crippen molar-refractivity contribution in [1.29, 1.82) is 0 Å². The molecule has 1 fully saturated rings. The second-order valence-corrected chi connectivity index (χ2v) is 8.29. The molecule has 1 atom stereocenters. The average molecular weight is 432 g/mol. The van der Waals surface area contributed by atoms with Crippen molar-refractivity contribution in [3.05, 3.63) is 77.1 Å². The molecule has 3 aliphatic rings. The summed E-state index contributed by atoms with van der Waals surface area (Å²) < 4.78 is 22.3. The Bertz CT molecular complexity index is 1300. The summed E-state index contributed by atoms with van der Waals surface area (Å²) in [5.74, 6) is 0.978. The van der Waals surface area contributed by atoms with Gasteiger partial charge in [0.15, 0.2) is 12.4 Å². The zero-order valence-electron chi connectivity index (χ0n) is 17.5. The Hall–Kier alpha value is -3.81. The summed E-state index contributed by atoms with van der Waals surface area (Å²) in [4.78, 5) is 12.1. The summed E-state index contributed by atoms with van der Waals surface area (Å²) in [7, 11) is 0. The van der Waals surface area contributed by atoms with Gasteiger partial charge in [-0.2, -0.15) is 0 Å². The monoisotopic (exact) mass is 432 g/mol. The van der Waals surface area contributed by atoms with E-state index in [1.54, 1.807) is 29.1 Å². The number of aryl methyl sites for hydroxylation is 1. The third kappa shape index (κ3) is 2.72. The molecule has 0 saturated carbocycles. The van der Waals surface area contributed by atoms with Crippen molar-refractivity contribution in [3.8, 4) is 17.2 Å². The number of imidazole rings is 1. The lowest BCUT2D eigenvalue weighted by atomic mass is 9.95. The number of hydrogen-bond acceptors (Lipinski definition) is 6. The van der Waals surface area contributed by atoms with Gasteiger partial charge in [0.1, 0.15) is 22.9 Å². The van der Waals surface area contributed by atoms with E-state index in [-0.39, 0.29) is 18.2 Å². The molecule has 8 heteroatoms. The van der Waals surface area contributed by atoms with E-state index in [4.69, 9.17) is 9.57 Å². The van der Waals surface area contributed by atoms with Gasteiger partial charge < -0.3 is 24.1 Å². The molecule has 0 bridgehead atoms. The molecule has 162 valence electrons. The van der Waals surface area contributed by atoms with E-state index in [9.17, 15) is 9.50 Å². The predicted octanol–water partition coefficient (Wildman–Crippen LogP) is 4.09. The summed E-state index contributed by atoms with van der Waals surface area (Å²) in [6.07, 6.45) is 7.21. The van der Waals surface area contributed by atoms with Crippen LogP contribution in [0.2, 0.25) is 0 Å². The van der Waals surface area contributed by atoms with E-state index >= 15 is 0 Å². The SMILES string of the molecule is Cc1cn(-c2ccc(C=C3CCCN4C3=NOC43COc4cccc(F)c43)cc2O)cn1. The van der Waals surface area contributed by atoms with Gasteiger partial charge in [-0.15, -0.1) is 0 Å². The smallest absolute Gasteiger partial charge is 0.277 e. The Morgan fingerprint density at radius 1 is 1.25 bits per heavy atom. The molecule has 32 heavy (non-hydrogen) atoms. The number of oxime groups is 1. The third-order valence-corrected chi connectivity index (χ3v) is 6.21. The summed E-state index contributed by atoms with van der Waals surface area (Å²) >= 11 is 0. The number of amidine groups is 1. The van der Waals surface area contributed by atoms with Crippen LogP contribution in [0.5, 0.6) is 11.5 Å². The van der Waals surface area contributed by atoms with Crippen LogP contribution < -0.4 is 4.74 Å². The Labute approximate surface area is 184 Å². The Balaban J connectivity index is 1.33. The molecule has 7 nitrogen and oxygen atoms in total. The molecule has 0 amide bonds. The van der Waals surface area contributed by atoms with Crippen LogP contribution in [-0.2, 0) is 10.6 Å². The van der Waals surface area contributed by atoms with E-state index in [0.29, 0.717) is 29.4 Å². The van der Waals surface area contributed by atoms with Crippen molar-refractivity contribution in [2.75, 3.05) is 13.2 Å². The van der Waals surface area contributed by atoms with E-state index in [1.807, 2.05) is 36.2 Å². The fourth-order valence-electron chi connectivity index (χ4n) is 4.72. The first-order chi connectivity index (χ1) is 15.5. The summed E-state index contributed by atoms with van der Waals surface area (Å²) in [6, 6.07) is 10.3. The number of nitrogens with zero attached hydrogens (tertiary/aromatic N) is 4. The highest BCUT2D eigenvalue weighted by atomic mass is 19.1. The largest absolute Gasteiger partial charge is 0.506 e. The molecule has 1 aromatic heterocycles. The van der Waals surface area contributed by atoms with Gasteiger partial charge in [-0.05, 0) is 61.2 Å².